The van der Waals surface area contributed by atoms with Crippen LogP contribution in [-0.4, -0.2) is 62.6 Å². The summed E-state index contributed by atoms with van der Waals surface area (Å²) in [5.74, 6) is -0.119. The van der Waals surface area contributed by atoms with Gasteiger partial charge in [0.15, 0.2) is 0 Å². The van der Waals surface area contributed by atoms with E-state index in [0.717, 1.165) is 61.8 Å². The molecule has 2 fully saturated rings. The summed E-state index contributed by atoms with van der Waals surface area (Å²) >= 11 is 0. The van der Waals surface area contributed by atoms with E-state index in [4.69, 9.17) is 5.73 Å². The van der Waals surface area contributed by atoms with Crippen LogP contribution in [0.3, 0.4) is 0 Å². The molecule has 11 nitrogen and oxygen atoms in total. The van der Waals surface area contributed by atoms with Crippen LogP contribution in [-0.2, 0) is 21.9 Å². The number of nitrogen functional groups attached to an aromatic ring is 1. The summed E-state index contributed by atoms with van der Waals surface area (Å²) in [7, 11) is -1.84. The van der Waals surface area contributed by atoms with E-state index >= 15 is 0 Å². The molecule has 4 aromatic rings. The number of nitrogens with two attached hydrogens (primary N) is 1. The van der Waals surface area contributed by atoms with E-state index in [2.05, 4.69) is 19.9 Å². The summed E-state index contributed by atoms with van der Waals surface area (Å²) in [5.41, 5.74) is 9.42. The van der Waals surface area contributed by atoms with Crippen molar-refractivity contribution in [2.75, 3.05) is 29.3 Å². The minimum atomic E-state index is -3.63. The van der Waals surface area contributed by atoms with Crippen LogP contribution in [0.15, 0.2) is 36.8 Å². The van der Waals surface area contributed by atoms with E-state index in [1.807, 2.05) is 15.8 Å². The summed E-state index contributed by atoms with van der Waals surface area (Å²) in [4.78, 5) is 19.1. The number of aromatic nitrogens is 5. The molecule has 3 aromatic heterocycles. The van der Waals surface area contributed by atoms with Gasteiger partial charge in [-0.15, -0.1) is 0 Å². The van der Waals surface area contributed by atoms with Gasteiger partial charge in [0, 0.05) is 55.1 Å². The first-order valence-electron chi connectivity index (χ1n) is 13.9. The molecule has 3 N–H and O–H groups in total. The maximum Gasteiger partial charge on any atom is 0.232 e. The van der Waals surface area contributed by atoms with E-state index in [9.17, 15) is 17.6 Å². The molecule has 2 aliphatic rings. The van der Waals surface area contributed by atoms with Crippen molar-refractivity contribution in [2.45, 2.75) is 45.1 Å². The van der Waals surface area contributed by atoms with E-state index in [1.165, 1.54) is 19.1 Å². The van der Waals surface area contributed by atoms with Crippen LogP contribution in [0, 0.1) is 11.7 Å². The summed E-state index contributed by atoms with van der Waals surface area (Å²) in [6.45, 7) is 2.96. The Bertz CT molecular complexity index is 1740. The first-order valence-corrected chi connectivity index (χ1v) is 15.5. The number of carbonyl (C=O) groups is 1. The van der Waals surface area contributed by atoms with Crippen molar-refractivity contribution in [1.29, 1.82) is 0 Å². The zero-order valence-corrected chi connectivity index (χ0v) is 23.9. The number of pyridine rings is 1. The number of fused-ring (bicyclic) bond motifs is 1. The van der Waals surface area contributed by atoms with Gasteiger partial charge in [-0.25, -0.2) is 17.8 Å². The molecular formula is C28H33FN8O3S. The Morgan fingerprint density at radius 1 is 1.15 bits per heavy atom. The van der Waals surface area contributed by atoms with Gasteiger partial charge >= 0.3 is 0 Å². The predicted octanol–water partition coefficient (Wildman–Crippen LogP) is 3.95. The number of anilines is 2. The SMILES string of the molecule is CCS(=O)(=O)Nc1ccc(-c2nn(C)c3c(-c4cnn(C5CCN(C(=O)C6CCC6)CC5)c4)cnc(N)c23)cc1F. The van der Waals surface area contributed by atoms with Crippen molar-refractivity contribution in [1.82, 2.24) is 29.4 Å². The van der Waals surface area contributed by atoms with Gasteiger partial charge in [-0.05, 0) is 44.7 Å². The third kappa shape index (κ3) is 5.03. The normalized spacial score (nSPS) is 16.7. The van der Waals surface area contributed by atoms with Crippen LogP contribution in [0.4, 0.5) is 15.9 Å². The van der Waals surface area contributed by atoms with E-state index in [-0.39, 0.29) is 29.2 Å². The Hall–Kier alpha value is -4.00. The summed E-state index contributed by atoms with van der Waals surface area (Å²) in [6, 6.07) is 4.41. The fourth-order valence-corrected chi connectivity index (χ4v) is 6.32. The number of hydrogen-bond acceptors (Lipinski definition) is 7. The number of piperidine rings is 1. The number of nitrogens with one attached hydrogen (secondary N) is 1. The van der Waals surface area contributed by atoms with E-state index in [0.29, 0.717) is 22.6 Å². The standard InChI is InChI=1S/C28H33FN8O3S/c1-3-41(39,40)34-23-8-7-18(13-22(23)29)25-24-26(35(2)33-25)21(15-31-27(24)30)19-14-32-37(16-19)20-9-11-36(12-10-20)28(38)17-5-4-6-17/h7-8,13-17,20,34H,3-6,9-12H2,1-2H3,(H2,30,31). The molecule has 0 spiro atoms. The highest BCUT2D eigenvalue weighted by Gasteiger charge is 2.32. The predicted molar refractivity (Wildman–Crippen MR) is 155 cm³/mol. The topological polar surface area (TPSA) is 141 Å². The zero-order chi connectivity index (χ0) is 28.9. The van der Waals surface area contributed by atoms with Gasteiger partial charge in [-0.3, -0.25) is 18.9 Å². The van der Waals surface area contributed by atoms with Crippen LogP contribution in [0.2, 0.25) is 0 Å². The number of sulfonamides is 1. The molecular weight excluding hydrogens is 547 g/mol. The molecule has 1 saturated carbocycles. The molecule has 1 aliphatic heterocycles. The third-order valence-corrected chi connectivity index (χ3v) is 9.59. The molecule has 0 bridgehead atoms. The van der Waals surface area contributed by atoms with Crippen LogP contribution in [0.25, 0.3) is 33.3 Å². The van der Waals surface area contributed by atoms with E-state index in [1.54, 1.807) is 30.2 Å². The molecule has 1 amide bonds. The number of carbonyl (C=O) groups excluding carboxylic acids is 1. The van der Waals surface area contributed by atoms with Gasteiger partial charge in [-0.2, -0.15) is 10.2 Å². The quantitative estimate of drug-likeness (QED) is 0.337. The lowest BCUT2D eigenvalue weighted by molar-refractivity contribution is -0.139. The first kappa shape index (κ1) is 27.2. The van der Waals surface area contributed by atoms with Crippen molar-refractivity contribution in [3.63, 3.8) is 0 Å². The molecule has 13 heteroatoms. The fraction of sp³-hybridized carbons (Fsp3) is 0.429. The molecule has 0 unspecified atom stereocenters. The zero-order valence-electron chi connectivity index (χ0n) is 23.0. The lowest BCUT2D eigenvalue weighted by atomic mass is 9.84. The number of rotatable bonds is 7. The van der Waals surface area contributed by atoms with Crippen molar-refractivity contribution in [3.05, 3.63) is 42.6 Å². The highest BCUT2D eigenvalue weighted by molar-refractivity contribution is 7.92. The maximum absolute atomic E-state index is 14.9. The first-order chi connectivity index (χ1) is 19.6. The monoisotopic (exact) mass is 580 g/mol. The van der Waals surface area contributed by atoms with Crippen LogP contribution in [0.1, 0.15) is 45.1 Å². The average molecular weight is 581 g/mol. The minimum absolute atomic E-state index is 0.131. The molecule has 0 atom stereocenters. The van der Waals surface area contributed by atoms with Crippen molar-refractivity contribution in [2.24, 2.45) is 13.0 Å². The summed E-state index contributed by atoms with van der Waals surface area (Å²) in [6.07, 6.45) is 10.3. The number of amides is 1. The van der Waals surface area contributed by atoms with Crippen LogP contribution >= 0.6 is 0 Å². The van der Waals surface area contributed by atoms with Gasteiger partial charge in [0.25, 0.3) is 0 Å². The van der Waals surface area contributed by atoms with E-state index < -0.39 is 15.8 Å². The Balaban J connectivity index is 1.28. The number of halogens is 1. The van der Waals surface area contributed by atoms with Gasteiger partial charge in [-0.1, -0.05) is 12.5 Å². The van der Waals surface area contributed by atoms with Crippen molar-refractivity contribution in [3.8, 4) is 22.4 Å². The highest BCUT2D eigenvalue weighted by Crippen LogP contribution is 2.38. The Morgan fingerprint density at radius 2 is 1.90 bits per heavy atom. The Morgan fingerprint density at radius 3 is 2.56 bits per heavy atom. The van der Waals surface area contributed by atoms with Gasteiger partial charge in [0.2, 0.25) is 15.9 Å². The largest absolute Gasteiger partial charge is 0.383 e. The number of nitrogens with zero attached hydrogens (tertiary/aromatic N) is 6. The van der Waals surface area contributed by atoms with Crippen LogP contribution in [0.5, 0.6) is 0 Å². The van der Waals surface area contributed by atoms with Gasteiger partial charge < -0.3 is 10.6 Å². The molecule has 1 aliphatic carbocycles. The van der Waals surface area contributed by atoms with Gasteiger partial charge in [0.05, 0.1) is 34.6 Å². The molecule has 1 saturated heterocycles. The third-order valence-electron chi connectivity index (χ3n) is 8.30. The van der Waals surface area contributed by atoms with Gasteiger partial charge in [0.1, 0.15) is 17.3 Å². The number of aryl methyl sites for hydroxylation is 1. The van der Waals surface area contributed by atoms with Crippen LogP contribution < -0.4 is 10.5 Å². The lowest BCUT2D eigenvalue weighted by Gasteiger charge is -2.36. The fourth-order valence-electron chi connectivity index (χ4n) is 5.67. The number of benzene rings is 1. The maximum atomic E-state index is 14.9. The number of hydrogen-bond donors (Lipinski definition) is 2. The Labute approximate surface area is 237 Å². The Kier molecular flexibility index (Phi) is 6.92. The van der Waals surface area contributed by atoms with Crippen molar-refractivity contribution >= 4 is 38.3 Å². The highest BCUT2D eigenvalue weighted by atomic mass is 32.2. The second-order valence-electron chi connectivity index (χ2n) is 10.8. The second-order valence-corrected chi connectivity index (χ2v) is 12.9. The smallest absolute Gasteiger partial charge is 0.232 e. The second kappa shape index (κ2) is 10.4. The molecule has 4 heterocycles. The molecule has 0 radical (unpaired) electrons. The molecule has 216 valence electrons. The molecule has 1 aromatic carbocycles. The van der Waals surface area contributed by atoms with Crippen molar-refractivity contribution < 1.29 is 17.6 Å². The summed E-state index contributed by atoms with van der Waals surface area (Å²) < 4.78 is 44.6. The minimum Gasteiger partial charge on any atom is -0.383 e. The summed E-state index contributed by atoms with van der Waals surface area (Å²) in [5, 5.41) is 9.86. The molecule has 41 heavy (non-hydrogen) atoms. The average Bonchev–Trinajstić information content (AvgIpc) is 3.55. The lowest BCUT2D eigenvalue weighted by Crippen LogP contribution is -2.43. The molecule has 6 rings (SSSR count). The number of likely N-dealkylation sites (tertiary alicyclic amines) is 1.